The Hall–Kier alpha value is -5.06. The number of nitrogens with one attached hydrogen (secondary N) is 2. The van der Waals surface area contributed by atoms with Crippen LogP contribution in [0, 0.1) is 24.0 Å². The van der Waals surface area contributed by atoms with E-state index in [1.165, 1.54) is 43.5 Å². The number of nitro benzene ring substituents is 1. The number of para-hydroxylation sites is 1. The van der Waals surface area contributed by atoms with Gasteiger partial charge >= 0.3 is 17.8 Å². The van der Waals surface area contributed by atoms with Gasteiger partial charge in [0.1, 0.15) is 5.56 Å². The molecule has 0 bridgehead atoms. The predicted molar refractivity (Wildman–Crippen MR) is 136 cm³/mol. The maximum atomic E-state index is 12.5. The summed E-state index contributed by atoms with van der Waals surface area (Å²) < 4.78 is 10.6. The Labute approximate surface area is 212 Å². The van der Waals surface area contributed by atoms with E-state index in [0.29, 0.717) is 17.0 Å². The number of hydrogen-bond acceptors (Lipinski definition) is 8. The molecule has 0 unspecified atom stereocenters. The average Bonchev–Trinajstić information content (AvgIpc) is 2.88. The van der Waals surface area contributed by atoms with E-state index in [2.05, 4.69) is 15.8 Å². The lowest BCUT2D eigenvalue weighted by atomic mass is 10.1. The number of methoxy groups -OCH3 is 1. The minimum absolute atomic E-state index is 0.0269. The van der Waals surface area contributed by atoms with Crippen LogP contribution < -0.4 is 20.2 Å². The van der Waals surface area contributed by atoms with Gasteiger partial charge < -0.3 is 14.8 Å². The summed E-state index contributed by atoms with van der Waals surface area (Å²) in [5.74, 6) is -2.58. The van der Waals surface area contributed by atoms with Crippen LogP contribution in [0.5, 0.6) is 11.5 Å². The van der Waals surface area contributed by atoms with E-state index in [9.17, 15) is 24.5 Å². The van der Waals surface area contributed by atoms with Crippen LogP contribution in [0.2, 0.25) is 0 Å². The van der Waals surface area contributed by atoms with Crippen molar-refractivity contribution >= 4 is 34.9 Å². The second-order valence-corrected chi connectivity index (χ2v) is 7.94. The monoisotopic (exact) mass is 504 g/mol. The molecule has 2 amide bonds. The third kappa shape index (κ3) is 6.54. The Morgan fingerprint density at radius 1 is 0.946 bits per heavy atom. The number of hydrogen-bond donors (Lipinski definition) is 2. The number of hydrazone groups is 1. The molecule has 0 aliphatic carbocycles. The van der Waals surface area contributed by atoms with Gasteiger partial charge in [-0.05, 0) is 56.7 Å². The third-order valence-corrected chi connectivity index (χ3v) is 5.27. The average molecular weight is 504 g/mol. The lowest BCUT2D eigenvalue weighted by Gasteiger charge is -2.11. The van der Waals surface area contributed by atoms with Crippen molar-refractivity contribution < 1.29 is 28.8 Å². The van der Waals surface area contributed by atoms with Crippen LogP contribution in [-0.4, -0.2) is 35.5 Å². The van der Waals surface area contributed by atoms with Gasteiger partial charge in [0.25, 0.3) is 5.69 Å². The zero-order chi connectivity index (χ0) is 27.1. The molecule has 11 nitrogen and oxygen atoms in total. The Bertz CT molecular complexity index is 1420. The molecule has 3 aromatic carbocycles. The minimum atomic E-state index is -0.957. The van der Waals surface area contributed by atoms with Gasteiger partial charge in [0.15, 0.2) is 11.5 Å². The highest BCUT2D eigenvalue weighted by Crippen LogP contribution is 2.30. The van der Waals surface area contributed by atoms with E-state index in [0.717, 1.165) is 11.1 Å². The fourth-order valence-corrected chi connectivity index (χ4v) is 3.32. The number of nitro groups is 1. The van der Waals surface area contributed by atoms with Crippen molar-refractivity contribution in [2.75, 3.05) is 12.4 Å². The molecule has 11 heteroatoms. The lowest BCUT2D eigenvalue weighted by molar-refractivity contribution is -0.385. The number of carbonyl (C=O) groups excluding carboxylic acids is 3. The second kappa shape index (κ2) is 11.6. The molecule has 0 aliphatic rings. The molecule has 190 valence electrons. The van der Waals surface area contributed by atoms with Crippen LogP contribution in [0.15, 0.2) is 65.8 Å². The summed E-state index contributed by atoms with van der Waals surface area (Å²) in [7, 11) is 1.35. The van der Waals surface area contributed by atoms with E-state index in [1.54, 1.807) is 19.1 Å². The highest BCUT2D eigenvalue weighted by Gasteiger charge is 2.22. The van der Waals surface area contributed by atoms with Gasteiger partial charge in [-0.1, -0.05) is 29.8 Å². The fourth-order valence-electron chi connectivity index (χ4n) is 3.32. The molecule has 0 aromatic heterocycles. The first-order valence-electron chi connectivity index (χ1n) is 11.0. The topological polar surface area (TPSA) is 149 Å². The van der Waals surface area contributed by atoms with Crippen molar-refractivity contribution in [3.05, 3.63) is 93.0 Å². The van der Waals surface area contributed by atoms with E-state index in [1.807, 2.05) is 26.0 Å². The number of esters is 1. The Balaban J connectivity index is 1.70. The van der Waals surface area contributed by atoms with E-state index < -0.39 is 22.7 Å². The van der Waals surface area contributed by atoms with Crippen LogP contribution in [0.1, 0.15) is 34.0 Å². The predicted octanol–water partition coefficient (Wildman–Crippen LogP) is 3.92. The summed E-state index contributed by atoms with van der Waals surface area (Å²) in [5, 5.41) is 17.7. The summed E-state index contributed by atoms with van der Waals surface area (Å²) in [6, 6.07) is 15.3. The minimum Gasteiger partial charge on any atom is -0.493 e. The first-order chi connectivity index (χ1) is 17.6. The van der Waals surface area contributed by atoms with Crippen molar-refractivity contribution in [3.63, 3.8) is 0 Å². The molecule has 37 heavy (non-hydrogen) atoms. The molecule has 0 fully saturated rings. The zero-order valence-corrected chi connectivity index (χ0v) is 20.5. The zero-order valence-electron chi connectivity index (χ0n) is 20.5. The highest BCUT2D eigenvalue weighted by atomic mass is 16.6. The maximum absolute atomic E-state index is 12.5. The molecule has 3 rings (SSSR count). The van der Waals surface area contributed by atoms with Crippen LogP contribution in [-0.2, 0) is 9.59 Å². The van der Waals surface area contributed by atoms with Crippen LogP contribution in [0.3, 0.4) is 0 Å². The molecule has 3 aromatic rings. The normalized spacial score (nSPS) is 10.9. The summed E-state index contributed by atoms with van der Waals surface area (Å²) in [6.07, 6.45) is 0. The lowest BCUT2D eigenvalue weighted by Crippen LogP contribution is -2.33. The van der Waals surface area contributed by atoms with Gasteiger partial charge in [-0.15, -0.1) is 0 Å². The molecule has 0 saturated carbocycles. The Morgan fingerprint density at radius 2 is 1.68 bits per heavy atom. The standard InChI is InChI=1S/C26H24N4O7/c1-15-9-11-20(16(2)13-15)27-24(31)25(32)29-28-17(3)18-10-12-22(23(14-18)36-4)37-26(33)19-7-5-6-8-21(19)30(34)35/h5-14H,1-4H3,(H,27,31)(H,29,32)/b28-17+. The SMILES string of the molecule is COc1cc(/C(C)=N/NC(=O)C(=O)Nc2ccc(C)cc2C)ccc1OC(=O)c1ccccc1[N+](=O)[O-]. The maximum Gasteiger partial charge on any atom is 0.350 e. The number of nitrogens with zero attached hydrogens (tertiary/aromatic N) is 2. The smallest absolute Gasteiger partial charge is 0.350 e. The van der Waals surface area contributed by atoms with Gasteiger partial charge in [-0.2, -0.15) is 5.10 Å². The van der Waals surface area contributed by atoms with Gasteiger partial charge in [0, 0.05) is 17.3 Å². The molecular formula is C26H24N4O7. The van der Waals surface area contributed by atoms with Gasteiger partial charge in [0.05, 0.1) is 17.7 Å². The highest BCUT2D eigenvalue weighted by molar-refractivity contribution is 6.39. The third-order valence-electron chi connectivity index (χ3n) is 5.27. The summed E-state index contributed by atoms with van der Waals surface area (Å²) >= 11 is 0. The number of rotatable bonds is 7. The molecule has 0 saturated heterocycles. The first kappa shape index (κ1) is 26.5. The van der Waals surface area contributed by atoms with Crippen LogP contribution in [0.4, 0.5) is 11.4 Å². The fraction of sp³-hybridized carbons (Fsp3) is 0.154. The van der Waals surface area contributed by atoms with E-state index in [-0.39, 0.29) is 22.7 Å². The number of ether oxygens (including phenoxy) is 2. The van der Waals surface area contributed by atoms with Gasteiger partial charge in [0.2, 0.25) is 0 Å². The molecule has 0 spiro atoms. The van der Waals surface area contributed by atoms with Crippen molar-refractivity contribution in [2.45, 2.75) is 20.8 Å². The van der Waals surface area contributed by atoms with Crippen molar-refractivity contribution in [1.29, 1.82) is 0 Å². The van der Waals surface area contributed by atoms with Crippen molar-refractivity contribution in [2.24, 2.45) is 5.10 Å². The van der Waals surface area contributed by atoms with E-state index >= 15 is 0 Å². The number of benzene rings is 3. The summed E-state index contributed by atoms with van der Waals surface area (Å²) in [6.45, 7) is 5.33. The largest absolute Gasteiger partial charge is 0.493 e. The van der Waals surface area contributed by atoms with Gasteiger partial charge in [-0.25, -0.2) is 10.2 Å². The van der Waals surface area contributed by atoms with Crippen molar-refractivity contribution in [1.82, 2.24) is 5.43 Å². The second-order valence-electron chi connectivity index (χ2n) is 7.94. The molecule has 0 heterocycles. The number of amides is 2. The summed E-state index contributed by atoms with van der Waals surface area (Å²) in [4.78, 5) is 47.5. The number of aryl methyl sites for hydroxylation is 2. The van der Waals surface area contributed by atoms with Gasteiger partial charge in [-0.3, -0.25) is 19.7 Å². The Morgan fingerprint density at radius 3 is 2.35 bits per heavy atom. The molecule has 0 atom stereocenters. The van der Waals surface area contributed by atoms with E-state index in [4.69, 9.17) is 9.47 Å². The molecular weight excluding hydrogens is 480 g/mol. The molecule has 2 N–H and O–H groups in total. The Kier molecular flexibility index (Phi) is 8.31. The first-order valence-corrected chi connectivity index (χ1v) is 11.0. The quantitative estimate of drug-likeness (QED) is 0.124. The molecule has 0 radical (unpaired) electrons. The number of anilines is 1. The van der Waals surface area contributed by atoms with Crippen molar-refractivity contribution in [3.8, 4) is 11.5 Å². The molecule has 0 aliphatic heterocycles. The van der Waals surface area contributed by atoms with Crippen LogP contribution in [0.25, 0.3) is 0 Å². The van der Waals surface area contributed by atoms with Crippen LogP contribution >= 0.6 is 0 Å². The number of carbonyl (C=O) groups is 3. The summed E-state index contributed by atoms with van der Waals surface area (Å²) in [5.41, 5.74) is 4.80.